The lowest BCUT2D eigenvalue weighted by molar-refractivity contribution is -0.129. The molecular weight excluding hydrogens is 376 g/mol. The number of anilines is 1. The zero-order valence-corrected chi connectivity index (χ0v) is 18.0. The van der Waals surface area contributed by atoms with E-state index in [0.29, 0.717) is 30.7 Å². The van der Waals surface area contributed by atoms with E-state index in [0.717, 1.165) is 35.2 Å². The lowest BCUT2D eigenvalue weighted by Crippen LogP contribution is -2.48. The number of carbonyl (C=O) groups excluding carboxylic acids is 1. The molecule has 2 aromatic heterocycles. The third kappa shape index (κ3) is 3.94. The van der Waals surface area contributed by atoms with Gasteiger partial charge in [0.05, 0.1) is 0 Å². The Morgan fingerprint density at radius 2 is 1.80 bits per heavy atom. The number of rotatable bonds is 7. The monoisotopic (exact) mass is 408 g/mol. The van der Waals surface area contributed by atoms with Crippen LogP contribution in [0.25, 0.3) is 5.82 Å². The lowest BCUT2D eigenvalue weighted by atomic mass is 9.49. The van der Waals surface area contributed by atoms with E-state index >= 15 is 0 Å². The van der Waals surface area contributed by atoms with E-state index in [1.165, 1.54) is 38.5 Å². The van der Waals surface area contributed by atoms with Gasteiger partial charge < -0.3 is 10.6 Å². The number of hydrogen-bond acceptors (Lipinski definition) is 5. The van der Waals surface area contributed by atoms with E-state index in [2.05, 4.69) is 25.6 Å². The smallest absolute Gasteiger partial charge is 0.220 e. The molecule has 7 nitrogen and oxygen atoms in total. The van der Waals surface area contributed by atoms with Gasteiger partial charge in [-0.05, 0) is 75.5 Å². The molecule has 4 saturated carbocycles. The first-order valence-corrected chi connectivity index (χ1v) is 11.3. The van der Waals surface area contributed by atoms with Crippen LogP contribution in [0.3, 0.4) is 0 Å². The van der Waals surface area contributed by atoms with Crippen molar-refractivity contribution in [3.05, 3.63) is 30.1 Å². The first-order valence-electron chi connectivity index (χ1n) is 11.3. The van der Waals surface area contributed by atoms with Gasteiger partial charge in [0, 0.05) is 38.0 Å². The van der Waals surface area contributed by atoms with Crippen molar-refractivity contribution < 1.29 is 4.79 Å². The Balaban J connectivity index is 1.12. The van der Waals surface area contributed by atoms with Crippen LogP contribution in [0.4, 0.5) is 5.82 Å². The molecule has 4 bridgehead atoms. The molecule has 7 heteroatoms. The van der Waals surface area contributed by atoms with E-state index in [1.54, 1.807) is 6.20 Å². The summed E-state index contributed by atoms with van der Waals surface area (Å²) in [5, 5.41) is 6.46. The maximum Gasteiger partial charge on any atom is 0.220 e. The van der Waals surface area contributed by atoms with E-state index in [-0.39, 0.29) is 5.91 Å². The van der Waals surface area contributed by atoms with E-state index < -0.39 is 0 Å². The molecule has 4 fully saturated rings. The predicted molar refractivity (Wildman–Crippen MR) is 115 cm³/mol. The fourth-order valence-corrected chi connectivity index (χ4v) is 6.69. The molecule has 0 aromatic carbocycles. The van der Waals surface area contributed by atoms with Gasteiger partial charge in [0.1, 0.15) is 23.3 Å². The number of imidazole rings is 1. The molecule has 0 radical (unpaired) electrons. The molecule has 0 aliphatic heterocycles. The second-order valence-corrected chi connectivity index (χ2v) is 9.87. The highest BCUT2D eigenvalue weighted by Gasteiger charge is 2.51. The van der Waals surface area contributed by atoms with Crippen molar-refractivity contribution in [1.29, 1.82) is 0 Å². The van der Waals surface area contributed by atoms with Crippen LogP contribution in [0.15, 0.2) is 18.5 Å². The molecule has 0 saturated heterocycles. The topological polar surface area (TPSA) is 84.7 Å². The van der Waals surface area contributed by atoms with Crippen LogP contribution in [-0.4, -0.2) is 38.5 Å². The van der Waals surface area contributed by atoms with Gasteiger partial charge >= 0.3 is 0 Å². The number of carbonyl (C=O) groups is 1. The van der Waals surface area contributed by atoms with Crippen molar-refractivity contribution in [3.8, 4) is 5.82 Å². The summed E-state index contributed by atoms with van der Waals surface area (Å²) in [5.41, 5.74) is 0.299. The Kier molecular flexibility index (Phi) is 4.99. The lowest BCUT2D eigenvalue weighted by Gasteiger charge is -2.56. The minimum Gasteiger partial charge on any atom is -0.368 e. The van der Waals surface area contributed by atoms with Crippen molar-refractivity contribution in [2.45, 2.75) is 58.8 Å². The molecule has 1 amide bonds. The molecule has 4 aliphatic rings. The average Bonchev–Trinajstić information content (AvgIpc) is 3.09. The molecule has 0 atom stereocenters. The molecule has 2 heterocycles. The Hall–Kier alpha value is -2.44. The van der Waals surface area contributed by atoms with Crippen LogP contribution in [-0.2, 0) is 4.79 Å². The van der Waals surface area contributed by atoms with E-state index in [4.69, 9.17) is 0 Å². The first-order chi connectivity index (χ1) is 14.5. The highest BCUT2D eigenvalue weighted by atomic mass is 16.1. The SMILES string of the molecule is Cc1nc(NCCNC(=O)CC23CC4CC(CC(C4)C2)C3)cc(-n2ccnc2C)n1. The van der Waals surface area contributed by atoms with Gasteiger partial charge in [-0.3, -0.25) is 9.36 Å². The van der Waals surface area contributed by atoms with Gasteiger partial charge in [0.25, 0.3) is 0 Å². The molecule has 30 heavy (non-hydrogen) atoms. The fourth-order valence-electron chi connectivity index (χ4n) is 6.69. The van der Waals surface area contributed by atoms with Crippen LogP contribution in [0, 0.1) is 37.0 Å². The average molecular weight is 409 g/mol. The summed E-state index contributed by atoms with van der Waals surface area (Å²) in [7, 11) is 0. The van der Waals surface area contributed by atoms with Gasteiger partial charge in [0.15, 0.2) is 0 Å². The Labute approximate surface area is 178 Å². The standard InChI is InChI=1S/C23H32N6O/c1-15-27-20(10-21(28-15)29-6-5-24-16(29)2)25-3-4-26-22(30)14-23-11-17-7-18(12-23)9-19(8-17)13-23/h5-6,10,17-19H,3-4,7-9,11-14H2,1-2H3,(H,26,30)(H,25,27,28). The number of nitrogens with one attached hydrogen (secondary N) is 2. The first kappa shape index (κ1) is 19.5. The maximum atomic E-state index is 12.7. The van der Waals surface area contributed by atoms with Crippen LogP contribution in [0.5, 0.6) is 0 Å². The van der Waals surface area contributed by atoms with Crippen molar-refractivity contribution in [2.24, 2.45) is 23.2 Å². The molecule has 0 spiro atoms. The summed E-state index contributed by atoms with van der Waals surface area (Å²) in [4.78, 5) is 25.9. The van der Waals surface area contributed by atoms with Crippen LogP contribution in [0.1, 0.15) is 56.6 Å². The van der Waals surface area contributed by atoms with Crippen LogP contribution >= 0.6 is 0 Å². The quantitative estimate of drug-likeness (QED) is 0.686. The number of aromatic nitrogens is 4. The van der Waals surface area contributed by atoms with E-state index in [1.807, 2.05) is 30.7 Å². The van der Waals surface area contributed by atoms with E-state index in [9.17, 15) is 4.79 Å². The molecule has 6 rings (SSSR count). The zero-order valence-electron chi connectivity index (χ0n) is 18.0. The molecule has 2 aromatic rings. The minimum atomic E-state index is 0.215. The third-order valence-corrected chi connectivity index (χ3v) is 7.35. The summed E-state index contributed by atoms with van der Waals surface area (Å²) >= 11 is 0. The predicted octanol–water partition coefficient (Wildman–Crippen LogP) is 3.41. The minimum absolute atomic E-state index is 0.215. The largest absolute Gasteiger partial charge is 0.368 e. The van der Waals surface area contributed by atoms with Crippen molar-refractivity contribution >= 4 is 11.7 Å². The van der Waals surface area contributed by atoms with Crippen molar-refractivity contribution in [1.82, 2.24) is 24.8 Å². The molecular formula is C23H32N6O. The fraction of sp³-hybridized carbons (Fsp3) is 0.652. The second-order valence-electron chi connectivity index (χ2n) is 9.87. The summed E-state index contributed by atoms with van der Waals surface area (Å²) < 4.78 is 1.94. The maximum absolute atomic E-state index is 12.7. The van der Waals surface area contributed by atoms with Gasteiger partial charge in [0.2, 0.25) is 5.91 Å². The molecule has 2 N–H and O–H groups in total. The highest BCUT2D eigenvalue weighted by Crippen LogP contribution is 2.61. The van der Waals surface area contributed by atoms with Gasteiger partial charge in [-0.15, -0.1) is 0 Å². The summed E-state index contributed by atoms with van der Waals surface area (Å²) in [5.74, 6) is 6.03. The second kappa shape index (κ2) is 7.67. The highest BCUT2D eigenvalue weighted by molar-refractivity contribution is 5.76. The molecule has 160 valence electrons. The molecule has 0 unspecified atom stereocenters. The zero-order chi connectivity index (χ0) is 20.7. The number of hydrogen-bond donors (Lipinski definition) is 2. The summed E-state index contributed by atoms with van der Waals surface area (Å²) in [6, 6.07) is 1.92. The van der Waals surface area contributed by atoms with Gasteiger partial charge in [-0.25, -0.2) is 15.0 Å². The Bertz CT molecular complexity index is 900. The van der Waals surface area contributed by atoms with Crippen LogP contribution < -0.4 is 10.6 Å². The summed E-state index contributed by atoms with van der Waals surface area (Å²) in [6.45, 7) is 5.08. The number of nitrogens with zero attached hydrogens (tertiary/aromatic N) is 4. The number of aryl methyl sites for hydroxylation is 2. The summed E-state index contributed by atoms with van der Waals surface area (Å²) in [6.07, 6.45) is 12.5. The van der Waals surface area contributed by atoms with Gasteiger partial charge in [-0.1, -0.05) is 0 Å². The van der Waals surface area contributed by atoms with Crippen LogP contribution in [0.2, 0.25) is 0 Å². The van der Waals surface area contributed by atoms with Crippen molar-refractivity contribution in [2.75, 3.05) is 18.4 Å². The molecule has 4 aliphatic carbocycles. The Morgan fingerprint density at radius 1 is 1.10 bits per heavy atom. The van der Waals surface area contributed by atoms with Gasteiger partial charge in [-0.2, -0.15) is 0 Å². The third-order valence-electron chi connectivity index (χ3n) is 7.35. The Morgan fingerprint density at radius 3 is 2.43 bits per heavy atom. The van der Waals surface area contributed by atoms with Crippen molar-refractivity contribution in [3.63, 3.8) is 0 Å². The normalized spacial score (nSPS) is 29.2. The number of amides is 1.